The van der Waals surface area contributed by atoms with Gasteiger partial charge in [-0.05, 0) is 55.5 Å². The highest BCUT2D eigenvalue weighted by Gasteiger charge is 2.42. The lowest BCUT2D eigenvalue weighted by molar-refractivity contribution is 0.356. The highest BCUT2D eigenvalue weighted by Crippen LogP contribution is 2.44. The first-order valence-electron chi connectivity index (χ1n) is 10.2. The predicted molar refractivity (Wildman–Crippen MR) is 117 cm³/mol. The maximum absolute atomic E-state index is 4.94. The topological polar surface area (TPSA) is 33.1 Å². The summed E-state index contributed by atoms with van der Waals surface area (Å²) < 4.78 is 2.37. The molecule has 3 aromatic rings. The van der Waals surface area contributed by atoms with Crippen molar-refractivity contribution in [1.29, 1.82) is 0 Å². The normalized spacial score (nSPS) is 21.8. The van der Waals surface area contributed by atoms with Crippen molar-refractivity contribution in [2.75, 3.05) is 23.3 Å². The standard InChI is InChI=1S/C23H24N4S/c1-16-8-9-18-20(15-16)28-22(24-18)26-13-10-23(11-14-26)21-7-4-12-27(21)19-6-3-2-5-17(19)25-23/h2-9,12,16,25H,10-11,13-15H2,1H3. The van der Waals surface area contributed by atoms with Crippen LogP contribution in [-0.4, -0.2) is 22.6 Å². The van der Waals surface area contributed by atoms with Gasteiger partial charge in [0.1, 0.15) is 0 Å². The molecule has 2 aromatic heterocycles. The Hall–Kier alpha value is -2.53. The van der Waals surface area contributed by atoms with Crippen LogP contribution in [0.15, 0.2) is 48.7 Å². The molecule has 1 atom stereocenters. The molecule has 4 heterocycles. The van der Waals surface area contributed by atoms with Gasteiger partial charge in [-0.2, -0.15) is 0 Å². The second-order valence-corrected chi connectivity index (χ2v) is 9.38. The second kappa shape index (κ2) is 5.98. The molecular formula is C23H24N4S. The summed E-state index contributed by atoms with van der Waals surface area (Å²) in [5.74, 6) is 0.629. The SMILES string of the molecule is CC1C=Cc2nc(N3CCC4(CC3)Nc3ccccc3-n3cccc34)sc2C1. The van der Waals surface area contributed by atoms with Crippen molar-refractivity contribution in [3.63, 3.8) is 0 Å². The first kappa shape index (κ1) is 16.4. The molecule has 1 N–H and O–H groups in total. The molecule has 0 saturated carbocycles. The molecule has 28 heavy (non-hydrogen) atoms. The fourth-order valence-corrected chi connectivity index (χ4v) is 6.17. The number of nitrogens with zero attached hydrogens (tertiary/aromatic N) is 3. The number of fused-ring (bicyclic) bond motifs is 5. The van der Waals surface area contributed by atoms with E-state index in [0.717, 1.165) is 32.4 Å². The van der Waals surface area contributed by atoms with Crippen LogP contribution in [0.1, 0.15) is 36.0 Å². The highest BCUT2D eigenvalue weighted by molar-refractivity contribution is 7.15. The van der Waals surface area contributed by atoms with Crippen LogP contribution < -0.4 is 10.2 Å². The number of allylic oxidation sites excluding steroid dienone is 1. The summed E-state index contributed by atoms with van der Waals surface area (Å²) in [5, 5.41) is 5.10. The maximum Gasteiger partial charge on any atom is 0.186 e. The maximum atomic E-state index is 4.94. The van der Waals surface area contributed by atoms with Crippen molar-refractivity contribution in [3.05, 3.63) is 64.9 Å². The zero-order valence-corrected chi connectivity index (χ0v) is 16.9. The molecule has 6 rings (SSSR count). The van der Waals surface area contributed by atoms with Gasteiger partial charge in [0.25, 0.3) is 0 Å². The minimum absolute atomic E-state index is 0.0135. The fourth-order valence-electron chi connectivity index (χ4n) is 4.93. The van der Waals surface area contributed by atoms with E-state index in [-0.39, 0.29) is 5.54 Å². The molecule has 5 heteroatoms. The lowest BCUT2D eigenvalue weighted by Crippen LogP contribution is -2.49. The van der Waals surface area contributed by atoms with Crippen LogP contribution in [0.25, 0.3) is 11.8 Å². The minimum atomic E-state index is 0.0135. The first-order valence-corrected chi connectivity index (χ1v) is 11.0. The number of rotatable bonds is 1. The van der Waals surface area contributed by atoms with Gasteiger partial charge in [0.2, 0.25) is 0 Å². The number of nitrogens with one attached hydrogen (secondary N) is 1. The molecule has 0 bridgehead atoms. The van der Waals surface area contributed by atoms with E-state index >= 15 is 0 Å². The Balaban J connectivity index is 1.28. The Morgan fingerprint density at radius 1 is 1.14 bits per heavy atom. The van der Waals surface area contributed by atoms with Crippen LogP contribution >= 0.6 is 11.3 Å². The molecule has 1 aliphatic carbocycles. The molecule has 0 radical (unpaired) electrons. The van der Waals surface area contributed by atoms with Gasteiger partial charge in [-0.25, -0.2) is 4.98 Å². The third-order valence-electron chi connectivity index (χ3n) is 6.47. The summed E-state index contributed by atoms with van der Waals surface area (Å²) in [5.41, 5.74) is 5.09. The molecule has 3 aliphatic rings. The Labute approximate surface area is 169 Å². The highest BCUT2D eigenvalue weighted by atomic mass is 32.1. The van der Waals surface area contributed by atoms with E-state index in [2.05, 4.69) is 76.5 Å². The summed E-state index contributed by atoms with van der Waals surface area (Å²) in [6.45, 7) is 4.35. The van der Waals surface area contributed by atoms with E-state index in [9.17, 15) is 0 Å². The molecule has 1 aromatic carbocycles. The number of piperidine rings is 1. The molecule has 4 nitrogen and oxygen atoms in total. The number of anilines is 2. The number of thiazole rings is 1. The largest absolute Gasteiger partial charge is 0.372 e. The number of benzene rings is 1. The fraction of sp³-hybridized carbons (Fsp3) is 0.348. The van der Waals surface area contributed by atoms with E-state index in [1.165, 1.54) is 32.8 Å². The number of aromatic nitrogens is 2. The number of hydrogen-bond acceptors (Lipinski definition) is 4. The second-order valence-electron chi connectivity index (χ2n) is 8.32. The van der Waals surface area contributed by atoms with Crippen molar-refractivity contribution in [1.82, 2.24) is 9.55 Å². The Morgan fingerprint density at radius 2 is 2.00 bits per heavy atom. The van der Waals surface area contributed by atoms with E-state index in [4.69, 9.17) is 4.98 Å². The van der Waals surface area contributed by atoms with Crippen LogP contribution in [0.2, 0.25) is 0 Å². The van der Waals surface area contributed by atoms with Crippen LogP contribution in [0, 0.1) is 5.92 Å². The number of hydrogen-bond donors (Lipinski definition) is 1. The monoisotopic (exact) mass is 388 g/mol. The first-order chi connectivity index (χ1) is 13.7. The lowest BCUT2D eigenvalue weighted by atomic mass is 9.82. The lowest BCUT2D eigenvalue weighted by Gasteiger charge is -2.46. The average Bonchev–Trinajstić information content (AvgIpc) is 3.36. The van der Waals surface area contributed by atoms with Gasteiger partial charge in [0, 0.05) is 29.9 Å². The van der Waals surface area contributed by atoms with Crippen molar-refractivity contribution in [3.8, 4) is 5.69 Å². The Morgan fingerprint density at radius 3 is 2.89 bits per heavy atom. The van der Waals surface area contributed by atoms with E-state index in [0.29, 0.717) is 5.92 Å². The van der Waals surface area contributed by atoms with Gasteiger partial charge < -0.3 is 14.8 Å². The zero-order chi connectivity index (χ0) is 18.7. The molecular weight excluding hydrogens is 364 g/mol. The van der Waals surface area contributed by atoms with Gasteiger partial charge >= 0.3 is 0 Å². The van der Waals surface area contributed by atoms with Crippen LogP contribution in [0.5, 0.6) is 0 Å². The van der Waals surface area contributed by atoms with Gasteiger partial charge in [0.15, 0.2) is 5.13 Å². The minimum Gasteiger partial charge on any atom is -0.372 e. The summed E-state index contributed by atoms with van der Waals surface area (Å²) in [6, 6.07) is 13.1. The van der Waals surface area contributed by atoms with Crippen LogP contribution in [-0.2, 0) is 12.0 Å². The van der Waals surface area contributed by atoms with Crippen molar-refractivity contribution < 1.29 is 0 Å². The molecule has 0 amide bonds. The summed E-state index contributed by atoms with van der Waals surface area (Å²) in [4.78, 5) is 8.88. The molecule has 1 spiro atoms. The van der Waals surface area contributed by atoms with Crippen LogP contribution in [0.3, 0.4) is 0 Å². The Kier molecular flexibility index (Phi) is 3.51. The van der Waals surface area contributed by atoms with E-state index in [1.54, 1.807) is 0 Å². The third kappa shape index (κ3) is 2.39. The quantitative estimate of drug-likeness (QED) is 0.632. The molecule has 142 valence electrons. The summed E-state index contributed by atoms with van der Waals surface area (Å²) >= 11 is 1.89. The van der Waals surface area contributed by atoms with Gasteiger partial charge in [-0.3, -0.25) is 0 Å². The third-order valence-corrected chi connectivity index (χ3v) is 7.62. The van der Waals surface area contributed by atoms with Crippen molar-refractivity contribution in [2.24, 2.45) is 5.92 Å². The zero-order valence-electron chi connectivity index (χ0n) is 16.1. The molecule has 1 saturated heterocycles. The summed E-state index contributed by atoms with van der Waals surface area (Å²) in [7, 11) is 0. The predicted octanol–water partition coefficient (Wildman–Crippen LogP) is 5.06. The van der Waals surface area contributed by atoms with Gasteiger partial charge in [-0.15, -0.1) is 11.3 Å². The molecule has 1 fully saturated rings. The van der Waals surface area contributed by atoms with Crippen LogP contribution in [0.4, 0.5) is 10.8 Å². The van der Waals surface area contributed by atoms with Crippen molar-refractivity contribution in [2.45, 2.75) is 31.7 Å². The average molecular weight is 389 g/mol. The summed E-state index contributed by atoms with van der Waals surface area (Å²) in [6.07, 6.45) is 10.00. The Bertz CT molecular complexity index is 1070. The van der Waals surface area contributed by atoms with E-state index in [1.807, 2.05) is 11.3 Å². The van der Waals surface area contributed by atoms with E-state index < -0.39 is 0 Å². The van der Waals surface area contributed by atoms with Gasteiger partial charge in [-0.1, -0.05) is 25.1 Å². The smallest absolute Gasteiger partial charge is 0.186 e. The molecule has 1 unspecified atom stereocenters. The molecule has 2 aliphatic heterocycles. The van der Waals surface area contributed by atoms with Crippen molar-refractivity contribution >= 4 is 28.2 Å². The number of para-hydroxylation sites is 2. The van der Waals surface area contributed by atoms with Gasteiger partial charge in [0.05, 0.1) is 22.6 Å².